The molecule has 0 spiro atoms. The van der Waals surface area contributed by atoms with Crippen LogP contribution in [0.4, 0.5) is 8.78 Å². The molecule has 86 valence electrons. The third-order valence-corrected chi connectivity index (χ3v) is 1.40. The molecule has 1 aromatic carbocycles. The van der Waals surface area contributed by atoms with Crippen molar-refractivity contribution >= 4 is 12.3 Å². The van der Waals surface area contributed by atoms with Crippen LogP contribution in [0.2, 0.25) is 0 Å². The molecule has 0 radical (unpaired) electrons. The lowest BCUT2D eigenvalue weighted by Crippen LogP contribution is -1.87. The minimum atomic E-state index is -0.891. The minimum absolute atomic E-state index is 0.124. The maximum absolute atomic E-state index is 12.4. The van der Waals surface area contributed by atoms with Crippen molar-refractivity contribution in [1.29, 1.82) is 0 Å². The van der Waals surface area contributed by atoms with E-state index < -0.39 is 17.6 Å². The molecule has 0 fully saturated rings. The third-order valence-electron chi connectivity index (χ3n) is 1.40. The van der Waals surface area contributed by atoms with Gasteiger partial charge in [-0.15, -0.1) is 0 Å². The van der Waals surface area contributed by atoms with Crippen LogP contribution in [0, 0.1) is 11.6 Å². The van der Waals surface area contributed by atoms with Gasteiger partial charge in [0.15, 0.2) is 6.29 Å². The molecule has 16 heavy (non-hydrogen) atoms. The molecule has 0 aromatic heterocycles. The maximum atomic E-state index is 12.4. The lowest BCUT2D eigenvalue weighted by atomic mass is 10.2. The number of carbonyl (C=O) groups is 2. The first-order chi connectivity index (χ1) is 7.51. The number of allylic oxidation sites excluding steroid dienone is 1. The Kier molecular flexibility index (Phi) is 6.35. The van der Waals surface area contributed by atoms with E-state index in [9.17, 15) is 18.4 Å². The highest BCUT2D eigenvalue weighted by Crippen LogP contribution is 2.06. The van der Waals surface area contributed by atoms with Crippen LogP contribution in [0.25, 0.3) is 0 Å². The van der Waals surface area contributed by atoms with Gasteiger partial charge < -0.3 is 5.11 Å². The number of hydrogen-bond acceptors (Lipinski definition) is 2. The molecular weight excluding hydrogens is 218 g/mol. The Morgan fingerprint density at radius 1 is 1.38 bits per heavy atom. The van der Waals surface area contributed by atoms with Crippen LogP contribution in [-0.4, -0.2) is 17.4 Å². The first-order valence-corrected chi connectivity index (χ1v) is 4.27. The molecule has 0 saturated heterocycles. The van der Waals surface area contributed by atoms with Crippen molar-refractivity contribution in [2.75, 3.05) is 0 Å². The van der Waals surface area contributed by atoms with Crippen molar-refractivity contribution in [2.24, 2.45) is 0 Å². The van der Waals surface area contributed by atoms with Crippen LogP contribution in [-0.2, 0) is 4.79 Å². The molecule has 0 aliphatic rings. The Morgan fingerprint density at radius 3 is 2.31 bits per heavy atom. The summed E-state index contributed by atoms with van der Waals surface area (Å²) in [5.74, 6) is -2.39. The lowest BCUT2D eigenvalue weighted by Gasteiger charge is -1.91. The smallest absolute Gasteiger partial charge is 0.327 e. The van der Waals surface area contributed by atoms with Gasteiger partial charge in [0.1, 0.15) is 11.6 Å². The van der Waals surface area contributed by atoms with Gasteiger partial charge in [0.2, 0.25) is 0 Å². The zero-order valence-corrected chi connectivity index (χ0v) is 8.48. The van der Waals surface area contributed by atoms with Gasteiger partial charge in [0.25, 0.3) is 0 Å². The highest BCUT2D eigenvalue weighted by molar-refractivity contribution is 5.79. The molecule has 0 unspecified atom stereocenters. The van der Waals surface area contributed by atoms with Gasteiger partial charge in [-0.25, -0.2) is 13.6 Å². The second-order valence-corrected chi connectivity index (χ2v) is 2.62. The molecular formula is C11H10F2O3. The van der Waals surface area contributed by atoms with Gasteiger partial charge in [0, 0.05) is 12.1 Å². The summed E-state index contributed by atoms with van der Waals surface area (Å²) in [4.78, 5) is 19.5. The summed E-state index contributed by atoms with van der Waals surface area (Å²) in [6.07, 6.45) is 2.90. The van der Waals surface area contributed by atoms with Crippen LogP contribution < -0.4 is 0 Å². The van der Waals surface area contributed by atoms with E-state index in [1.807, 2.05) is 0 Å². The Labute approximate surface area is 91.0 Å². The van der Waals surface area contributed by atoms with Gasteiger partial charge in [0.05, 0.1) is 5.56 Å². The molecule has 1 N–H and O–H groups in total. The molecule has 0 atom stereocenters. The Balaban J connectivity index is 0.000000325. The monoisotopic (exact) mass is 228 g/mol. The fourth-order valence-corrected chi connectivity index (χ4v) is 0.740. The predicted octanol–water partition coefficient (Wildman–Crippen LogP) is 2.42. The average molecular weight is 228 g/mol. The quantitative estimate of drug-likeness (QED) is 0.624. The minimum Gasteiger partial charge on any atom is -0.478 e. The van der Waals surface area contributed by atoms with Crippen molar-refractivity contribution in [3.8, 4) is 0 Å². The van der Waals surface area contributed by atoms with E-state index in [-0.39, 0.29) is 5.56 Å². The van der Waals surface area contributed by atoms with E-state index in [4.69, 9.17) is 5.11 Å². The average Bonchev–Trinajstić information content (AvgIpc) is 2.18. The molecule has 0 amide bonds. The van der Waals surface area contributed by atoms with Crippen LogP contribution >= 0.6 is 0 Å². The second-order valence-electron chi connectivity index (χ2n) is 2.62. The van der Waals surface area contributed by atoms with E-state index in [0.717, 1.165) is 18.2 Å². The van der Waals surface area contributed by atoms with Crippen molar-refractivity contribution in [3.63, 3.8) is 0 Å². The zero-order valence-electron chi connectivity index (χ0n) is 8.48. The highest BCUT2D eigenvalue weighted by atomic mass is 19.1. The normalized spacial score (nSPS) is 9.44. The fourth-order valence-electron chi connectivity index (χ4n) is 0.740. The highest BCUT2D eigenvalue weighted by Gasteiger charge is 2.00. The standard InChI is InChI=1S/C7H4F2O.C4H6O2/c8-6-2-1-5(4-10)7(9)3-6;1-2-3-4(5)6/h1-4H;2-3H,1H3,(H,5,6)/b;3-2+. The van der Waals surface area contributed by atoms with E-state index in [1.54, 1.807) is 6.92 Å². The number of aldehydes is 1. The molecule has 1 rings (SSSR count). The third kappa shape index (κ3) is 5.64. The molecule has 0 saturated carbocycles. The number of carboxylic acid groups (broad SMARTS) is 1. The van der Waals surface area contributed by atoms with Crippen LogP contribution in [0.1, 0.15) is 17.3 Å². The van der Waals surface area contributed by atoms with E-state index >= 15 is 0 Å². The van der Waals surface area contributed by atoms with E-state index in [0.29, 0.717) is 12.4 Å². The summed E-state index contributed by atoms with van der Waals surface area (Å²) >= 11 is 0. The molecule has 1 aromatic rings. The summed E-state index contributed by atoms with van der Waals surface area (Å²) in [5, 5.41) is 7.83. The van der Waals surface area contributed by atoms with Gasteiger partial charge in [-0.3, -0.25) is 4.79 Å². The molecule has 0 aliphatic heterocycles. The number of carbonyl (C=O) groups excluding carboxylic acids is 1. The Hall–Kier alpha value is -2.04. The molecule has 5 heteroatoms. The van der Waals surface area contributed by atoms with Crippen molar-refractivity contribution < 1.29 is 23.5 Å². The fraction of sp³-hybridized carbons (Fsp3) is 0.0909. The van der Waals surface area contributed by atoms with E-state index in [2.05, 4.69) is 0 Å². The number of benzene rings is 1. The number of aliphatic carboxylic acids is 1. The lowest BCUT2D eigenvalue weighted by molar-refractivity contribution is -0.131. The van der Waals surface area contributed by atoms with Crippen molar-refractivity contribution in [3.05, 3.63) is 47.5 Å². The first-order valence-electron chi connectivity index (χ1n) is 4.27. The first kappa shape index (κ1) is 14.0. The predicted molar refractivity (Wildman–Crippen MR) is 54.2 cm³/mol. The summed E-state index contributed by atoms with van der Waals surface area (Å²) in [7, 11) is 0. The number of halogens is 2. The van der Waals surface area contributed by atoms with Gasteiger partial charge >= 0.3 is 5.97 Å². The topological polar surface area (TPSA) is 54.4 Å². The summed E-state index contributed by atoms with van der Waals surface area (Å²) < 4.78 is 24.5. The largest absolute Gasteiger partial charge is 0.478 e. The van der Waals surface area contributed by atoms with Crippen LogP contribution in [0.15, 0.2) is 30.4 Å². The molecule has 0 heterocycles. The Bertz CT molecular complexity index is 400. The van der Waals surface area contributed by atoms with Crippen LogP contribution in [0.3, 0.4) is 0 Å². The summed E-state index contributed by atoms with van der Waals surface area (Å²) in [6.45, 7) is 1.66. The van der Waals surface area contributed by atoms with Crippen molar-refractivity contribution in [1.82, 2.24) is 0 Å². The summed E-state index contributed by atoms with van der Waals surface area (Å²) in [5.41, 5.74) is -0.124. The SMILES string of the molecule is C/C=C/C(=O)O.O=Cc1ccc(F)cc1F. The molecule has 3 nitrogen and oxygen atoms in total. The molecule has 0 aliphatic carbocycles. The second kappa shape index (κ2) is 7.28. The Morgan fingerprint density at radius 2 is 2.00 bits per heavy atom. The zero-order chi connectivity index (χ0) is 12.6. The van der Waals surface area contributed by atoms with Gasteiger partial charge in [-0.1, -0.05) is 6.08 Å². The summed E-state index contributed by atoms with van der Waals surface area (Å²) in [6, 6.07) is 2.80. The molecule has 0 bridgehead atoms. The van der Waals surface area contributed by atoms with Gasteiger partial charge in [-0.2, -0.15) is 0 Å². The maximum Gasteiger partial charge on any atom is 0.327 e. The van der Waals surface area contributed by atoms with E-state index in [1.165, 1.54) is 6.08 Å². The van der Waals surface area contributed by atoms with Crippen molar-refractivity contribution in [2.45, 2.75) is 6.92 Å². The number of rotatable bonds is 2. The van der Waals surface area contributed by atoms with Crippen LogP contribution in [0.5, 0.6) is 0 Å². The number of hydrogen-bond donors (Lipinski definition) is 1. The number of carboxylic acids is 1. The van der Waals surface area contributed by atoms with Gasteiger partial charge in [-0.05, 0) is 19.1 Å².